The highest BCUT2D eigenvalue weighted by atomic mass is 35.5. The Bertz CT molecular complexity index is 560. The molecular weight excluding hydrogens is 346 g/mol. The molecule has 2 N–H and O–H groups in total. The molecule has 0 saturated heterocycles. The lowest BCUT2D eigenvalue weighted by atomic mass is 10.0. The number of oxazole rings is 1. The fourth-order valence-electron chi connectivity index (χ4n) is 2.58. The molecule has 0 unspecified atom stereocenters. The molecule has 1 aliphatic rings. The van der Waals surface area contributed by atoms with Crippen LogP contribution in [-0.2, 0) is 24.2 Å². The molecule has 24 heavy (non-hydrogen) atoms. The van der Waals surface area contributed by atoms with Crippen molar-refractivity contribution in [1.82, 2.24) is 9.88 Å². The standard InChI is InChI=1S/C17H29N3O2S.ClH/c1-11(2)6-7-14-19-12-10-20(9-8-13(12)22-14)16(21)15(18)17(3,4)23-5;/h11,15H,6-10,18H2,1-5H3;1H/t15-;/m1./s1. The molecule has 0 aromatic carbocycles. The van der Waals surface area contributed by atoms with Crippen LogP contribution in [0.5, 0.6) is 0 Å². The topological polar surface area (TPSA) is 72.4 Å². The normalized spacial score (nSPS) is 15.9. The van der Waals surface area contributed by atoms with E-state index < -0.39 is 6.04 Å². The minimum absolute atomic E-state index is 0. The first-order valence-corrected chi connectivity index (χ1v) is 9.54. The van der Waals surface area contributed by atoms with Crippen molar-refractivity contribution in [2.45, 2.75) is 64.3 Å². The second kappa shape index (κ2) is 8.59. The molecule has 0 spiro atoms. The average molecular weight is 376 g/mol. The summed E-state index contributed by atoms with van der Waals surface area (Å²) in [6, 6.07) is -0.508. The van der Waals surface area contributed by atoms with Gasteiger partial charge >= 0.3 is 0 Å². The summed E-state index contributed by atoms with van der Waals surface area (Å²) in [5.74, 6) is 2.36. The Labute approximate surface area is 155 Å². The smallest absolute Gasteiger partial charge is 0.241 e. The van der Waals surface area contributed by atoms with Crippen molar-refractivity contribution in [3.8, 4) is 0 Å². The third kappa shape index (κ3) is 4.90. The van der Waals surface area contributed by atoms with Gasteiger partial charge in [0, 0.05) is 24.1 Å². The third-order valence-electron chi connectivity index (χ3n) is 4.56. The zero-order chi connectivity index (χ0) is 17.2. The summed E-state index contributed by atoms with van der Waals surface area (Å²) in [6.45, 7) is 9.57. The number of halogens is 1. The van der Waals surface area contributed by atoms with Gasteiger partial charge in [-0.3, -0.25) is 4.79 Å². The number of nitrogens with two attached hydrogens (primary N) is 1. The molecule has 1 aromatic rings. The number of amides is 1. The van der Waals surface area contributed by atoms with E-state index in [1.54, 1.807) is 11.8 Å². The van der Waals surface area contributed by atoms with Gasteiger partial charge < -0.3 is 15.1 Å². The van der Waals surface area contributed by atoms with E-state index in [4.69, 9.17) is 10.2 Å². The quantitative estimate of drug-likeness (QED) is 0.827. The van der Waals surface area contributed by atoms with Crippen LogP contribution in [0.15, 0.2) is 4.42 Å². The summed E-state index contributed by atoms with van der Waals surface area (Å²) >= 11 is 1.62. The molecular formula is C17H30ClN3O2S. The number of rotatable bonds is 6. The first-order valence-electron chi connectivity index (χ1n) is 8.31. The Morgan fingerprint density at radius 2 is 2.12 bits per heavy atom. The van der Waals surface area contributed by atoms with E-state index >= 15 is 0 Å². The van der Waals surface area contributed by atoms with E-state index in [-0.39, 0.29) is 23.1 Å². The second-order valence-corrected chi connectivity index (χ2v) is 8.67. The number of hydrogen-bond acceptors (Lipinski definition) is 5. The molecule has 7 heteroatoms. The van der Waals surface area contributed by atoms with Gasteiger partial charge in [0.05, 0.1) is 12.6 Å². The number of nitrogens with zero attached hydrogens (tertiary/aromatic N) is 2. The van der Waals surface area contributed by atoms with Crippen LogP contribution in [-0.4, -0.2) is 39.4 Å². The summed E-state index contributed by atoms with van der Waals surface area (Å²) in [5, 5.41) is 0. The molecule has 0 radical (unpaired) electrons. The van der Waals surface area contributed by atoms with Crippen LogP contribution in [0.2, 0.25) is 0 Å². The van der Waals surface area contributed by atoms with E-state index in [2.05, 4.69) is 18.8 Å². The molecule has 138 valence electrons. The minimum atomic E-state index is -0.508. The van der Waals surface area contributed by atoms with E-state index in [0.717, 1.165) is 36.6 Å². The van der Waals surface area contributed by atoms with Gasteiger partial charge in [-0.1, -0.05) is 13.8 Å². The Morgan fingerprint density at radius 1 is 1.46 bits per heavy atom. The van der Waals surface area contributed by atoms with Gasteiger partial charge in [0.1, 0.15) is 11.5 Å². The third-order valence-corrected chi connectivity index (χ3v) is 5.87. The van der Waals surface area contributed by atoms with Crippen molar-refractivity contribution < 1.29 is 9.21 Å². The summed E-state index contributed by atoms with van der Waals surface area (Å²) in [5.41, 5.74) is 7.09. The maximum absolute atomic E-state index is 12.7. The predicted molar refractivity (Wildman–Crippen MR) is 102 cm³/mol. The van der Waals surface area contributed by atoms with Gasteiger partial charge in [0.25, 0.3) is 0 Å². The molecule has 2 heterocycles. The highest BCUT2D eigenvalue weighted by Gasteiger charge is 2.36. The van der Waals surface area contributed by atoms with Crippen LogP contribution in [0, 0.1) is 5.92 Å². The number of carbonyl (C=O) groups is 1. The summed E-state index contributed by atoms with van der Waals surface area (Å²) in [4.78, 5) is 19.1. The van der Waals surface area contributed by atoms with Crippen LogP contribution in [0.4, 0.5) is 0 Å². The molecule has 0 saturated carbocycles. The number of aryl methyl sites for hydroxylation is 1. The number of aromatic nitrogens is 1. The number of thioether (sulfide) groups is 1. The zero-order valence-corrected chi connectivity index (χ0v) is 16.9. The second-order valence-electron chi connectivity index (χ2n) is 7.21. The van der Waals surface area contributed by atoms with E-state index in [9.17, 15) is 4.79 Å². The van der Waals surface area contributed by atoms with E-state index in [0.29, 0.717) is 19.0 Å². The summed E-state index contributed by atoms with van der Waals surface area (Å²) in [6.07, 6.45) is 4.63. The van der Waals surface area contributed by atoms with Crippen LogP contribution >= 0.6 is 24.2 Å². The lowest BCUT2D eigenvalue weighted by Crippen LogP contribution is -2.54. The highest BCUT2D eigenvalue weighted by molar-refractivity contribution is 8.00. The van der Waals surface area contributed by atoms with E-state index in [1.807, 2.05) is 25.0 Å². The monoisotopic (exact) mass is 375 g/mol. The van der Waals surface area contributed by atoms with Crippen molar-refractivity contribution in [1.29, 1.82) is 0 Å². The zero-order valence-electron chi connectivity index (χ0n) is 15.3. The van der Waals surface area contributed by atoms with Crippen LogP contribution in [0.1, 0.15) is 51.5 Å². The first kappa shape index (κ1) is 21.3. The summed E-state index contributed by atoms with van der Waals surface area (Å²) in [7, 11) is 0. The van der Waals surface area contributed by atoms with Crippen LogP contribution in [0.25, 0.3) is 0 Å². The Balaban J connectivity index is 0.00000288. The Kier molecular flexibility index (Phi) is 7.63. The number of hydrogen-bond donors (Lipinski definition) is 1. The minimum Gasteiger partial charge on any atom is -0.445 e. The molecule has 0 fully saturated rings. The molecule has 5 nitrogen and oxygen atoms in total. The van der Waals surface area contributed by atoms with Gasteiger partial charge in [-0.25, -0.2) is 4.98 Å². The Hall–Kier alpha value is -0.720. The lowest BCUT2D eigenvalue weighted by Gasteiger charge is -2.34. The van der Waals surface area contributed by atoms with Gasteiger partial charge in [0.15, 0.2) is 5.89 Å². The highest BCUT2D eigenvalue weighted by Crippen LogP contribution is 2.27. The van der Waals surface area contributed by atoms with Gasteiger partial charge in [-0.15, -0.1) is 12.4 Å². The molecule has 1 amide bonds. The largest absolute Gasteiger partial charge is 0.445 e. The molecule has 2 rings (SSSR count). The number of fused-ring (bicyclic) bond motifs is 1. The molecule has 1 atom stereocenters. The van der Waals surface area contributed by atoms with Crippen molar-refractivity contribution in [3.05, 3.63) is 17.3 Å². The summed E-state index contributed by atoms with van der Waals surface area (Å²) < 4.78 is 5.57. The average Bonchev–Trinajstić information content (AvgIpc) is 2.93. The molecule has 0 bridgehead atoms. The first-order chi connectivity index (χ1) is 10.7. The van der Waals surface area contributed by atoms with Crippen LogP contribution in [0.3, 0.4) is 0 Å². The van der Waals surface area contributed by atoms with Gasteiger partial charge in [0.2, 0.25) is 5.91 Å². The van der Waals surface area contributed by atoms with Crippen molar-refractivity contribution >= 4 is 30.1 Å². The van der Waals surface area contributed by atoms with Crippen molar-refractivity contribution in [2.75, 3.05) is 12.8 Å². The van der Waals surface area contributed by atoms with Gasteiger partial charge in [-0.05, 0) is 32.4 Å². The maximum Gasteiger partial charge on any atom is 0.241 e. The van der Waals surface area contributed by atoms with Crippen molar-refractivity contribution in [3.63, 3.8) is 0 Å². The number of carbonyl (C=O) groups excluding carboxylic acids is 1. The maximum atomic E-state index is 12.7. The molecule has 1 aliphatic heterocycles. The Morgan fingerprint density at radius 3 is 2.71 bits per heavy atom. The molecule has 1 aromatic heterocycles. The SMILES string of the molecule is CSC(C)(C)[C@H](N)C(=O)N1CCc2oc(CCC(C)C)nc2C1.Cl. The lowest BCUT2D eigenvalue weighted by molar-refractivity contribution is -0.134. The van der Waals surface area contributed by atoms with Crippen LogP contribution < -0.4 is 5.73 Å². The van der Waals surface area contributed by atoms with E-state index in [1.165, 1.54) is 0 Å². The van der Waals surface area contributed by atoms with Gasteiger partial charge in [-0.2, -0.15) is 11.8 Å². The predicted octanol–water partition coefficient (Wildman–Crippen LogP) is 3.04. The van der Waals surface area contributed by atoms with Crippen molar-refractivity contribution in [2.24, 2.45) is 11.7 Å². The molecule has 0 aliphatic carbocycles. The fraction of sp³-hybridized carbons (Fsp3) is 0.765. The fourth-order valence-corrected chi connectivity index (χ4v) is 2.93.